The lowest BCUT2D eigenvalue weighted by molar-refractivity contribution is 0.649. The number of hydrogen-bond donors (Lipinski definition) is 1. The van der Waals surface area contributed by atoms with Crippen LogP contribution in [0.3, 0.4) is 0 Å². The summed E-state index contributed by atoms with van der Waals surface area (Å²) < 4.78 is 12.1. The lowest BCUT2D eigenvalue weighted by Gasteiger charge is -1.97. The molecule has 1 aliphatic rings. The Morgan fingerprint density at radius 2 is 2.70 bits per heavy atom. The first kappa shape index (κ1) is 7.60. The summed E-state index contributed by atoms with van der Waals surface area (Å²) in [5.74, 6) is 0.00708. The second-order valence-corrected chi connectivity index (χ2v) is 2.88. The van der Waals surface area contributed by atoms with Crippen LogP contribution in [0.15, 0.2) is 17.4 Å². The largest absolute Gasteiger partial charge is 0.363 e. The number of aliphatic imine (C=N–C) groups is 1. The van der Waals surface area contributed by atoms with Crippen molar-refractivity contribution in [3.63, 3.8) is 0 Å². The molecule has 10 heavy (non-hydrogen) atoms. The van der Waals surface area contributed by atoms with Gasteiger partial charge >= 0.3 is 0 Å². The van der Waals surface area contributed by atoms with E-state index in [2.05, 4.69) is 16.9 Å². The van der Waals surface area contributed by atoms with Gasteiger partial charge in [0.1, 0.15) is 5.83 Å². The molecule has 1 aliphatic heterocycles. The Labute approximate surface area is 63.6 Å². The summed E-state index contributed by atoms with van der Waals surface area (Å²) in [4.78, 5) is 4.07. The maximum Gasteiger partial charge on any atom is 0.157 e. The molecule has 0 bridgehead atoms. The maximum atomic E-state index is 12.1. The number of thioether (sulfide) groups is 1. The van der Waals surface area contributed by atoms with Gasteiger partial charge < -0.3 is 5.32 Å². The van der Waals surface area contributed by atoms with Crippen molar-refractivity contribution >= 4 is 16.9 Å². The van der Waals surface area contributed by atoms with Crippen molar-refractivity contribution in [1.82, 2.24) is 5.32 Å². The molecular formula is C6H9FN2S. The smallest absolute Gasteiger partial charge is 0.157 e. The van der Waals surface area contributed by atoms with E-state index in [-0.39, 0.29) is 5.83 Å². The molecule has 2 nitrogen and oxygen atoms in total. The van der Waals surface area contributed by atoms with Gasteiger partial charge in [-0.1, -0.05) is 18.3 Å². The van der Waals surface area contributed by atoms with E-state index in [1.807, 2.05) is 0 Å². The van der Waals surface area contributed by atoms with Crippen LogP contribution in [-0.2, 0) is 0 Å². The molecule has 1 rings (SSSR count). The van der Waals surface area contributed by atoms with Gasteiger partial charge in [-0.3, -0.25) is 4.99 Å². The van der Waals surface area contributed by atoms with Crippen molar-refractivity contribution in [3.05, 3.63) is 12.4 Å². The average molecular weight is 160 g/mol. The van der Waals surface area contributed by atoms with E-state index in [0.29, 0.717) is 5.75 Å². The fourth-order valence-electron chi connectivity index (χ4n) is 0.620. The lowest BCUT2D eigenvalue weighted by Crippen LogP contribution is -2.15. The van der Waals surface area contributed by atoms with E-state index < -0.39 is 0 Å². The molecule has 1 heterocycles. The third kappa shape index (κ3) is 2.39. The summed E-state index contributed by atoms with van der Waals surface area (Å²) in [6, 6.07) is 0. The summed E-state index contributed by atoms with van der Waals surface area (Å²) in [7, 11) is 0. The van der Waals surface area contributed by atoms with Crippen LogP contribution < -0.4 is 5.32 Å². The number of nitrogens with one attached hydrogen (secondary N) is 1. The molecule has 0 aliphatic carbocycles. The normalized spacial score (nSPS) is 16.3. The van der Waals surface area contributed by atoms with Gasteiger partial charge in [-0.05, 0) is 0 Å². The van der Waals surface area contributed by atoms with Gasteiger partial charge in [0, 0.05) is 6.54 Å². The second kappa shape index (κ2) is 3.61. The van der Waals surface area contributed by atoms with Crippen molar-refractivity contribution in [2.45, 2.75) is 0 Å². The number of rotatable bonds is 2. The van der Waals surface area contributed by atoms with Gasteiger partial charge in [0.2, 0.25) is 0 Å². The minimum Gasteiger partial charge on any atom is -0.363 e. The topological polar surface area (TPSA) is 24.4 Å². The van der Waals surface area contributed by atoms with Crippen LogP contribution in [0.5, 0.6) is 0 Å². The summed E-state index contributed by atoms with van der Waals surface area (Å²) in [6.07, 6.45) is 0. The highest BCUT2D eigenvalue weighted by Gasteiger charge is 2.04. The molecule has 0 atom stereocenters. The Balaban J connectivity index is 2.19. The first-order chi connectivity index (χ1) is 4.79. The highest BCUT2D eigenvalue weighted by atomic mass is 32.2. The fourth-order valence-corrected chi connectivity index (χ4v) is 1.30. The quantitative estimate of drug-likeness (QED) is 0.655. The van der Waals surface area contributed by atoms with E-state index in [4.69, 9.17) is 0 Å². The molecule has 0 fully saturated rings. The lowest BCUT2D eigenvalue weighted by atomic mass is 10.7. The van der Waals surface area contributed by atoms with E-state index in [1.165, 1.54) is 11.8 Å². The molecule has 0 aromatic carbocycles. The van der Waals surface area contributed by atoms with Gasteiger partial charge in [0.05, 0.1) is 12.3 Å². The first-order valence-electron chi connectivity index (χ1n) is 3.03. The summed E-state index contributed by atoms with van der Waals surface area (Å²) >= 11 is 1.36. The molecular weight excluding hydrogens is 151 g/mol. The standard InChI is InChI=1S/C6H9FN2S/c1-5(7)4-10-6-8-2-3-9-6/h1-4H2,(H,8,9). The predicted octanol–water partition coefficient (Wildman–Crippen LogP) is 1.16. The van der Waals surface area contributed by atoms with Crippen molar-refractivity contribution < 1.29 is 4.39 Å². The third-order valence-corrected chi connectivity index (χ3v) is 2.01. The number of halogens is 1. The Bertz CT molecular complexity index is 167. The van der Waals surface area contributed by atoms with E-state index in [1.54, 1.807) is 0 Å². The Morgan fingerprint density at radius 1 is 1.90 bits per heavy atom. The molecule has 0 saturated heterocycles. The SMILES string of the molecule is C=C(F)CSC1=NCCN1. The predicted molar refractivity (Wildman–Crippen MR) is 43.0 cm³/mol. The highest BCUT2D eigenvalue weighted by molar-refractivity contribution is 8.14. The molecule has 0 aromatic rings. The Morgan fingerprint density at radius 3 is 3.20 bits per heavy atom. The minimum absolute atomic E-state index is 0.304. The second-order valence-electron chi connectivity index (χ2n) is 1.92. The van der Waals surface area contributed by atoms with Crippen LogP contribution >= 0.6 is 11.8 Å². The zero-order valence-electron chi connectivity index (χ0n) is 5.56. The summed E-state index contributed by atoms with van der Waals surface area (Å²) in [5, 5.41) is 3.85. The van der Waals surface area contributed by atoms with Crippen molar-refractivity contribution in [1.29, 1.82) is 0 Å². The molecule has 1 N–H and O–H groups in total. The third-order valence-electron chi connectivity index (χ3n) is 1.01. The summed E-state index contributed by atoms with van der Waals surface area (Å²) in [6.45, 7) is 4.83. The van der Waals surface area contributed by atoms with Crippen LogP contribution in [0.2, 0.25) is 0 Å². The van der Waals surface area contributed by atoms with Gasteiger partial charge in [0.25, 0.3) is 0 Å². The van der Waals surface area contributed by atoms with Crippen molar-refractivity contribution in [2.24, 2.45) is 4.99 Å². The minimum atomic E-state index is -0.304. The van der Waals surface area contributed by atoms with Crippen LogP contribution in [0.4, 0.5) is 4.39 Å². The molecule has 4 heteroatoms. The Kier molecular flexibility index (Phi) is 2.74. The van der Waals surface area contributed by atoms with Crippen LogP contribution in [-0.4, -0.2) is 24.0 Å². The molecule has 0 unspecified atom stereocenters. The van der Waals surface area contributed by atoms with Gasteiger partial charge in [-0.15, -0.1) is 0 Å². The highest BCUT2D eigenvalue weighted by Crippen LogP contribution is 2.09. The van der Waals surface area contributed by atoms with Crippen LogP contribution in [0.25, 0.3) is 0 Å². The van der Waals surface area contributed by atoms with Gasteiger partial charge in [-0.25, -0.2) is 4.39 Å². The first-order valence-corrected chi connectivity index (χ1v) is 4.02. The molecule has 0 spiro atoms. The zero-order chi connectivity index (χ0) is 7.40. The monoisotopic (exact) mass is 160 g/mol. The molecule has 0 amide bonds. The average Bonchev–Trinajstić information content (AvgIpc) is 2.34. The van der Waals surface area contributed by atoms with E-state index >= 15 is 0 Å². The molecule has 0 radical (unpaired) electrons. The van der Waals surface area contributed by atoms with Crippen LogP contribution in [0.1, 0.15) is 0 Å². The number of nitrogens with zero attached hydrogens (tertiary/aromatic N) is 1. The number of amidine groups is 1. The molecule has 0 saturated carbocycles. The molecule has 56 valence electrons. The van der Waals surface area contributed by atoms with Crippen LogP contribution in [0, 0.1) is 0 Å². The van der Waals surface area contributed by atoms with Crippen molar-refractivity contribution in [3.8, 4) is 0 Å². The Hall–Kier alpha value is -0.510. The van der Waals surface area contributed by atoms with Gasteiger partial charge in [0.15, 0.2) is 5.17 Å². The molecule has 0 aromatic heterocycles. The fraction of sp³-hybridized carbons (Fsp3) is 0.500. The zero-order valence-corrected chi connectivity index (χ0v) is 6.38. The van der Waals surface area contributed by atoms with E-state index in [9.17, 15) is 4.39 Å². The van der Waals surface area contributed by atoms with Crippen molar-refractivity contribution in [2.75, 3.05) is 18.8 Å². The van der Waals surface area contributed by atoms with E-state index in [0.717, 1.165) is 18.3 Å². The maximum absolute atomic E-state index is 12.1. The summed E-state index contributed by atoms with van der Waals surface area (Å²) in [5.41, 5.74) is 0. The van der Waals surface area contributed by atoms with Gasteiger partial charge in [-0.2, -0.15) is 0 Å². The number of hydrogen-bond acceptors (Lipinski definition) is 3.